The van der Waals surface area contributed by atoms with Crippen molar-refractivity contribution in [1.82, 2.24) is 0 Å². The van der Waals surface area contributed by atoms with Crippen LogP contribution in [0.5, 0.6) is 0 Å². The summed E-state index contributed by atoms with van der Waals surface area (Å²) >= 11 is 0. The highest BCUT2D eigenvalue weighted by molar-refractivity contribution is 5.85. The van der Waals surface area contributed by atoms with Crippen LogP contribution in [0.15, 0.2) is 91.0 Å². The van der Waals surface area contributed by atoms with E-state index in [9.17, 15) is 36.6 Å². The number of alkyl halides is 6. The van der Waals surface area contributed by atoms with Crippen molar-refractivity contribution >= 4 is 17.1 Å². The van der Waals surface area contributed by atoms with Gasteiger partial charge in [-0.2, -0.15) is 26.3 Å². The summed E-state index contributed by atoms with van der Waals surface area (Å²) in [7, 11) is 0. The van der Waals surface area contributed by atoms with Gasteiger partial charge in [0.1, 0.15) is 0 Å². The SMILES string of the molecule is OCCC1(CCO)c2ccccc2-c2ccc(N(c3ccc(C(F)(F)F)cc3)c3ccc(C(F)(F)F)cc3)cc21. The lowest BCUT2D eigenvalue weighted by atomic mass is 9.73. The van der Waals surface area contributed by atoms with Crippen LogP contribution in [-0.4, -0.2) is 23.4 Å². The smallest absolute Gasteiger partial charge is 0.396 e. The van der Waals surface area contributed by atoms with Gasteiger partial charge in [0.25, 0.3) is 0 Å². The van der Waals surface area contributed by atoms with Gasteiger partial charge in [0.2, 0.25) is 0 Å². The fourth-order valence-corrected chi connectivity index (χ4v) is 5.67. The summed E-state index contributed by atoms with van der Waals surface area (Å²) in [6, 6.07) is 22.0. The van der Waals surface area contributed by atoms with E-state index in [1.165, 1.54) is 24.3 Å². The minimum absolute atomic E-state index is 0.153. The number of rotatable bonds is 7. The van der Waals surface area contributed by atoms with Crippen molar-refractivity contribution < 1.29 is 36.6 Å². The fourth-order valence-electron chi connectivity index (χ4n) is 5.67. The second-order valence-electron chi connectivity index (χ2n) is 9.73. The maximum absolute atomic E-state index is 13.3. The molecule has 208 valence electrons. The third kappa shape index (κ3) is 4.84. The van der Waals surface area contributed by atoms with Gasteiger partial charge < -0.3 is 15.1 Å². The maximum Gasteiger partial charge on any atom is 0.416 e. The Morgan fingerprint density at radius 1 is 0.550 bits per heavy atom. The third-order valence-corrected chi connectivity index (χ3v) is 7.49. The van der Waals surface area contributed by atoms with Crippen LogP contribution < -0.4 is 4.90 Å². The van der Waals surface area contributed by atoms with Crippen molar-refractivity contribution in [1.29, 1.82) is 0 Å². The first-order valence-electron chi connectivity index (χ1n) is 12.6. The number of nitrogens with zero attached hydrogens (tertiary/aromatic N) is 1. The molecule has 0 radical (unpaired) electrons. The van der Waals surface area contributed by atoms with Crippen LogP contribution in [0.25, 0.3) is 11.1 Å². The molecule has 0 amide bonds. The maximum atomic E-state index is 13.3. The molecular weight excluding hydrogens is 532 g/mol. The Morgan fingerprint density at radius 3 is 1.48 bits per heavy atom. The molecule has 0 aliphatic heterocycles. The summed E-state index contributed by atoms with van der Waals surface area (Å²) < 4.78 is 79.6. The molecule has 5 rings (SSSR count). The largest absolute Gasteiger partial charge is 0.416 e. The van der Waals surface area contributed by atoms with Crippen LogP contribution in [0.1, 0.15) is 35.1 Å². The van der Waals surface area contributed by atoms with E-state index < -0.39 is 28.9 Å². The third-order valence-electron chi connectivity index (χ3n) is 7.49. The van der Waals surface area contributed by atoms with E-state index in [1.54, 1.807) is 11.0 Å². The molecule has 0 fully saturated rings. The standard InChI is InChI=1S/C31H25F6NO2/c32-30(33,34)20-5-9-22(10-6-20)38(23-11-7-21(8-12-23)31(35,36)37)24-13-14-26-25-3-1-2-4-27(25)29(15-17-39,16-18-40)28(26)19-24/h1-14,19,39-40H,15-18H2. The minimum atomic E-state index is -4.55. The number of hydrogen-bond acceptors (Lipinski definition) is 3. The second kappa shape index (κ2) is 10.3. The lowest BCUT2D eigenvalue weighted by Gasteiger charge is -2.32. The molecule has 0 atom stereocenters. The van der Waals surface area contributed by atoms with Gasteiger partial charge in [-0.15, -0.1) is 0 Å². The zero-order valence-electron chi connectivity index (χ0n) is 21.1. The highest BCUT2D eigenvalue weighted by Gasteiger charge is 2.42. The van der Waals surface area contributed by atoms with E-state index >= 15 is 0 Å². The van der Waals surface area contributed by atoms with Crippen LogP contribution in [0, 0.1) is 0 Å². The van der Waals surface area contributed by atoms with Crippen molar-refractivity contribution in [2.75, 3.05) is 18.1 Å². The Hall–Kier alpha value is -3.82. The van der Waals surface area contributed by atoms with Crippen molar-refractivity contribution in [3.05, 3.63) is 113 Å². The number of halogens is 6. The van der Waals surface area contributed by atoms with E-state index in [4.69, 9.17) is 0 Å². The van der Waals surface area contributed by atoms with E-state index in [2.05, 4.69) is 0 Å². The van der Waals surface area contributed by atoms with Crippen LogP contribution in [0.2, 0.25) is 0 Å². The summed E-state index contributed by atoms with van der Waals surface area (Å²) in [5.41, 5.74) is 2.32. The lowest BCUT2D eigenvalue weighted by Crippen LogP contribution is -2.28. The first-order valence-corrected chi connectivity index (χ1v) is 12.6. The van der Waals surface area contributed by atoms with Gasteiger partial charge in [-0.25, -0.2) is 0 Å². The second-order valence-corrected chi connectivity index (χ2v) is 9.73. The molecule has 0 spiro atoms. The molecule has 0 bridgehead atoms. The van der Waals surface area contributed by atoms with Gasteiger partial charge in [-0.1, -0.05) is 30.3 Å². The van der Waals surface area contributed by atoms with Crippen molar-refractivity contribution in [2.45, 2.75) is 30.6 Å². The molecule has 9 heteroatoms. The number of fused-ring (bicyclic) bond motifs is 3. The van der Waals surface area contributed by atoms with Gasteiger partial charge in [0, 0.05) is 35.7 Å². The minimum Gasteiger partial charge on any atom is -0.396 e. The van der Waals surface area contributed by atoms with Gasteiger partial charge in [0.15, 0.2) is 0 Å². The van der Waals surface area contributed by atoms with Crippen LogP contribution in [0.4, 0.5) is 43.4 Å². The quantitative estimate of drug-likeness (QED) is 0.225. The van der Waals surface area contributed by atoms with E-state index in [-0.39, 0.29) is 13.2 Å². The number of anilines is 3. The summed E-state index contributed by atoms with van der Waals surface area (Å²) in [4.78, 5) is 1.59. The average molecular weight is 558 g/mol. The van der Waals surface area contributed by atoms with Gasteiger partial charge in [-0.05, 0) is 95.8 Å². The van der Waals surface area contributed by atoms with Crippen molar-refractivity contribution in [3.8, 4) is 11.1 Å². The van der Waals surface area contributed by atoms with Gasteiger partial charge >= 0.3 is 12.4 Å². The molecule has 0 unspecified atom stereocenters. The Bertz CT molecular complexity index is 1430. The van der Waals surface area contributed by atoms with Gasteiger partial charge in [-0.3, -0.25) is 0 Å². The Labute approximate surface area is 226 Å². The Balaban J connectivity index is 1.69. The number of aliphatic hydroxyl groups is 2. The monoisotopic (exact) mass is 557 g/mol. The molecule has 0 aromatic heterocycles. The number of aliphatic hydroxyl groups excluding tert-OH is 2. The van der Waals surface area contributed by atoms with Crippen LogP contribution in [-0.2, 0) is 17.8 Å². The molecule has 4 aromatic carbocycles. The van der Waals surface area contributed by atoms with Crippen LogP contribution >= 0.6 is 0 Å². The summed E-state index contributed by atoms with van der Waals surface area (Å²) in [6.45, 7) is -0.306. The Kier molecular flexibility index (Phi) is 7.14. The zero-order valence-corrected chi connectivity index (χ0v) is 21.1. The molecule has 1 aliphatic carbocycles. The normalized spacial score (nSPS) is 14.1. The predicted molar refractivity (Wildman–Crippen MR) is 141 cm³/mol. The summed E-state index contributed by atoms with van der Waals surface area (Å²) in [6.07, 6.45) is -8.46. The highest BCUT2D eigenvalue weighted by Crippen LogP contribution is 2.54. The molecular formula is C31H25F6NO2. The van der Waals surface area contributed by atoms with Crippen molar-refractivity contribution in [2.24, 2.45) is 0 Å². The fraction of sp³-hybridized carbons (Fsp3) is 0.226. The summed E-state index contributed by atoms with van der Waals surface area (Å²) in [5.74, 6) is 0. The average Bonchev–Trinajstić information content (AvgIpc) is 3.18. The molecule has 2 N–H and O–H groups in total. The number of hydrogen-bond donors (Lipinski definition) is 2. The molecule has 4 aromatic rings. The highest BCUT2D eigenvalue weighted by atomic mass is 19.4. The van der Waals surface area contributed by atoms with E-state index in [1.807, 2.05) is 36.4 Å². The van der Waals surface area contributed by atoms with E-state index in [0.717, 1.165) is 46.5 Å². The Morgan fingerprint density at radius 2 is 1.00 bits per heavy atom. The zero-order chi connectivity index (χ0) is 28.7. The van der Waals surface area contributed by atoms with Gasteiger partial charge in [0.05, 0.1) is 11.1 Å². The summed E-state index contributed by atoms with van der Waals surface area (Å²) in [5, 5.41) is 20.0. The molecule has 0 saturated carbocycles. The number of benzene rings is 4. The van der Waals surface area contributed by atoms with Crippen LogP contribution in [0.3, 0.4) is 0 Å². The van der Waals surface area contributed by atoms with Crippen molar-refractivity contribution in [3.63, 3.8) is 0 Å². The van der Waals surface area contributed by atoms with E-state index in [0.29, 0.717) is 29.9 Å². The molecule has 3 nitrogen and oxygen atoms in total. The first-order chi connectivity index (χ1) is 19.0. The topological polar surface area (TPSA) is 43.7 Å². The lowest BCUT2D eigenvalue weighted by molar-refractivity contribution is -0.138. The molecule has 40 heavy (non-hydrogen) atoms. The molecule has 1 aliphatic rings. The molecule has 0 saturated heterocycles. The first kappa shape index (κ1) is 27.7. The molecule has 0 heterocycles. The predicted octanol–water partition coefficient (Wildman–Crippen LogP) is 8.23.